The summed E-state index contributed by atoms with van der Waals surface area (Å²) >= 11 is 1.14. The number of pyridine rings is 1. The second-order valence-corrected chi connectivity index (χ2v) is 21.5. The molecule has 0 spiro atoms. The van der Waals surface area contributed by atoms with Crippen LogP contribution in [0.25, 0.3) is 58.9 Å². The summed E-state index contributed by atoms with van der Waals surface area (Å²) in [6, 6.07) is 38.0. The zero-order valence-electron chi connectivity index (χ0n) is 45.9. The molecule has 5 nitrogen and oxygen atoms in total. The Kier molecular flexibility index (Phi) is 8.02. The van der Waals surface area contributed by atoms with Gasteiger partial charge < -0.3 is 14.5 Å². The number of hydrogen-bond donors (Lipinski definition) is 0. The van der Waals surface area contributed by atoms with Gasteiger partial charge in [-0.05, 0) is 123 Å². The Morgan fingerprint density at radius 3 is 1.98 bits per heavy atom. The van der Waals surface area contributed by atoms with Gasteiger partial charge in [-0.1, -0.05) is 129 Å². The Balaban J connectivity index is 1.02. The van der Waals surface area contributed by atoms with Crippen molar-refractivity contribution in [2.45, 2.75) is 78.6 Å². The van der Waals surface area contributed by atoms with Crippen molar-refractivity contribution in [2.24, 2.45) is 0 Å². The molecule has 328 valence electrons. The predicted molar refractivity (Wildman–Crippen MR) is 282 cm³/mol. The van der Waals surface area contributed by atoms with Crippen LogP contribution in [0.4, 0.5) is 22.7 Å². The molecule has 0 aliphatic carbocycles. The number of rotatable bonds is 6. The molecular weight excluding hydrogens is 825 g/mol. The number of ether oxygens (including phenoxy) is 1. The van der Waals surface area contributed by atoms with Crippen molar-refractivity contribution in [1.82, 2.24) is 9.55 Å². The highest BCUT2D eigenvalue weighted by atomic mass is 32.1. The maximum atomic E-state index is 9.25. The summed E-state index contributed by atoms with van der Waals surface area (Å²) in [6.07, 6.45) is 1.84. The van der Waals surface area contributed by atoms with Crippen LogP contribution in [0.15, 0.2) is 164 Å². The average Bonchev–Trinajstić information content (AvgIpc) is 4.04. The van der Waals surface area contributed by atoms with Gasteiger partial charge in [0.05, 0.1) is 32.0 Å². The highest BCUT2D eigenvalue weighted by Crippen LogP contribution is 2.47. The number of thiophene rings is 1. The number of para-hydroxylation sites is 2. The Hall–Kier alpha value is -6.89. The minimum Gasteiger partial charge on any atom is -0.457 e. The van der Waals surface area contributed by atoms with Crippen LogP contribution in [0, 0.1) is 0 Å². The minimum absolute atomic E-state index is 0.0267. The van der Waals surface area contributed by atoms with E-state index >= 15 is 0 Å². The van der Waals surface area contributed by atoms with E-state index in [4.69, 9.17) is 17.9 Å². The Morgan fingerprint density at radius 1 is 0.545 bits per heavy atom. The highest BCUT2D eigenvalue weighted by molar-refractivity contribution is 7.26. The molecule has 4 heterocycles. The van der Waals surface area contributed by atoms with Crippen LogP contribution in [0.5, 0.6) is 11.5 Å². The first-order valence-corrected chi connectivity index (χ1v) is 23.4. The molecule has 0 fully saturated rings. The molecule has 0 atom stereocenters. The largest absolute Gasteiger partial charge is 0.457 e. The van der Waals surface area contributed by atoms with Crippen molar-refractivity contribution < 1.29 is 14.3 Å². The lowest BCUT2D eigenvalue weighted by Gasteiger charge is -2.29. The minimum atomic E-state index is -0.397. The standard InChI is InChI=1S/C60H56N4OS/c1-58(2,3)39-28-29-61-56(34-39)64-51-27-24-38(46-19-15-20-49-48-18-10-13-23-55(48)66-57(46)49)30-50(51)47-26-25-45(36-54(47)64)65-44-17-14-16-42(35-44)62-37-63(53-22-12-11-21-52(53)62)43-32-40(59(4,5)6)31-41(33-43)60(7,8)9/h10-36H,37H2,1-9H3/i10D,13D,15D,18D,19D,20D,23D. The fourth-order valence-corrected chi connectivity index (χ4v) is 10.2. The third-order valence-corrected chi connectivity index (χ3v) is 14.0. The van der Waals surface area contributed by atoms with Gasteiger partial charge in [-0.2, -0.15) is 0 Å². The molecular formula is C60H56N4OS. The second-order valence-electron chi connectivity index (χ2n) is 20.5. The van der Waals surface area contributed by atoms with Crippen LogP contribution in [0.2, 0.25) is 0 Å². The van der Waals surface area contributed by atoms with Gasteiger partial charge in [0.1, 0.15) is 24.0 Å². The maximum absolute atomic E-state index is 9.25. The summed E-state index contributed by atoms with van der Waals surface area (Å²) in [5, 5.41) is 2.23. The van der Waals surface area contributed by atoms with Crippen LogP contribution in [-0.4, -0.2) is 16.2 Å². The maximum Gasteiger partial charge on any atom is 0.137 e. The van der Waals surface area contributed by atoms with E-state index in [0.29, 0.717) is 38.7 Å². The van der Waals surface area contributed by atoms with Crippen LogP contribution in [-0.2, 0) is 16.2 Å². The molecule has 3 aromatic heterocycles. The van der Waals surface area contributed by atoms with Crippen LogP contribution in [0.1, 0.15) is 88.6 Å². The van der Waals surface area contributed by atoms with E-state index in [1.54, 1.807) is 0 Å². The zero-order chi connectivity index (χ0) is 51.8. The van der Waals surface area contributed by atoms with E-state index < -0.39 is 6.04 Å². The van der Waals surface area contributed by atoms with Gasteiger partial charge in [-0.3, -0.25) is 4.57 Å². The lowest BCUT2D eigenvalue weighted by molar-refractivity contribution is 0.483. The second kappa shape index (κ2) is 15.4. The van der Waals surface area contributed by atoms with E-state index in [-0.39, 0.29) is 63.3 Å². The SMILES string of the molecule is [2H]c1c([2H])c([2H])c2c(sc3c(-c4ccc5c(c4)c4ccc(Oc6cccc(N7CN(c8cc(C(C)(C)C)cc(C(C)(C)C)c8)c8ccccc87)c6)cc4n5-c4cc(C(C)(C)C)ccn4)c([2H])c([2H])c([2H])c32)c1[2H]. The molecule has 0 radical (unpaired) electrons. The summed E-state index contributed by atoms with van der Waals surface area (Å²) in [7, 11) is 0. The Labute approximate surface area is 402 Å². The molecule has 0 amide bonds. The number of fused-ring (bicyclic) bond motifs is 7. The van der Waals surface area contributed by atoms with E-state index in [1.807, 2.05) is 60.8 Å². The molecule has 0 bridgehead atoms. The van der Waals surface area contributed by atoms with Crippen molar-refractivity contribution in [1.29, 1.82) is 0 Å². The molecule has 11 rings (SSSR count). The molecule has 0 N–H and O–H groups in total. The van der Waals surface area contributed by atoms with Crippen molar-refractivity contribution in [3.63, 3.8) is 0 Å². The van der Waals surface area contributed by atoms with Crippen molar-refractivity contribution in [3.05, 3.63) is 180 Å². The van der Waals surface area contributed by atoms with Crippen molar-refractivity contribution in [3.8, 4) is 28.4 Å². The van der Waals surface area contributed by atoms with Gasteiger partial charge >= 0.3 is 0 Å². The average molecular weight is 888 g/mol. The predicted octanol–water partition coefficient (Wildman–Crippen LogP) is 17.1. The molecule has 0 unspecified atom stereocenters. The van der Waals surface area contributed by atoms with Gasteiger partial charge in [0.25, 0.3) is 0 Å². The number of benzene rings is 7. The summed E-state index contributed by atoms with van der Waals surface area (Å²) in [6.45, 7) is 20.8. The highest BCUT2D eigenvalue weighted by Gasteiger charge is 2.30. The topological polar surface area (TPSA) is 33.5 Å². The number of hydrogen-bond acceptors (Lipinski definition) is 5. The van der Waals surface area contributed by atoms with Crippen molar-refractivity contribution >= 4 is 76.1 Å². The van der Waals surface area contributed by atoms with Crippen LogP contribution >= 0.6 is 11.3 Å². The van der Waals surface area contributed by atoms with E-state index in [1.165, 1.54) is 11.1 Å². The third-order valence-electron chi connectivity index (χ3n) is 12.9. The molecule has 7 aromatic carbocycles. The third kappa shape index (κ3) is 7.28. The summed E-state index contributed by atoms with van der Waals surface area (Å²) in [5.74, 6) is 2.03. The first-order chi connectivity index (χ1) is 34.5. The first-order valence-electron chi connectivity index (χ1n) is 26.1. The fourth-order valence-electron chi connectivity index (χ4n) is 9.15. The Morgan fingerprint density at radius 2 is 1.24 bits per heavy atom. The van der Waals surface area contributed by atoms with Crippen molar-refractivity contribution in [2.75, 3.05) is 16.5 Å². The lowest BCUT2D eigenvalue weighted by Crippen LogP contribution is -2.25. The number of aromatic nitrogens is 2. The molecule has 66 heavy (non-hydrogen) atoms. The van der Waals surface area contributed by atoms with Gasteiger partial charge in [0.2, 0.25) is 0 Å². The van der Waals surface area contributed by atoms with Gasteiger partial charge in [-0.25, -0.2) is 4.98 Å². The Bertz CT molecular complexity index is 3900. The first kappa shape index (κ1) is 34.5. The van der Waals surface area contributed by atoms with E-state index in [2.05, 4.69) is 137 Å². The summed E-state index contributed by atoms with van der Waals surface area (Å²) in [4.78, 5) is 9.67. The van der Waals surface area contributed by atoms with Gasteiger partial charge in [-0.15, -0.1) is 11.3 Å². The lowest BCUT2D eigenvalue weighted by atomic mass is 9.80. The quantitative estimate of drug-likeness (QED) is 0.167. The number of anilines is 4. The molecule has 0 saturated carbocycles. The van der Waals surface area contributed by atoms with E-state index in [0.717, 1.165) is 67.3 Å². The fraction of sp³-hybridized carbons (Fsp3) is 0.217. The molecule has 10 aromatic rings. The monoisotopic (exact) mass is 887 g/mol. The molecule has 6 heteroatoms. The normalized spacial score (nSPS) is 14.9. The molecule has 0 saturated heterocycles. The smallest absolute Gasteiger partial charge is 0.137 e. The summed E-state index contributed by atoms with van der Waals surface area (Å²) < 4.78 is 71.2. The van der Waals surface area contributed by atoms with Crippen LogP contribution < -0.4 is 14.5 Å². The number of nitrogens with zero attached hydrogens (tertiary/aromatic N) is 4. The van der Waals surface area contributed by atoms with E-state index in [9.17, 15) is 1.37 Å². The van der Waals surface area contributed by atoms with Crippen LogP contribution in [0.3, 0.4) is 0 Å². The van der Waals surface area contributed by atoms with Gasteiger partial charge in [0.15, 0.2) is 0 Å². The molecule has 1 aliphatic rings. The molecule has 1 aliphatic heterocycles. The summed E-state index contributed by atoms with van der Waals surface area (Å²) in [5.41, 5.74) is 10.7. The zero-order valence-corrected chi connectivity index (χ0v) is 39.7. The van der Waals surface area contributed by atoms with Gasteiger partial charge in [0, 0.05) is 60.6 Å².